The fourth-order valence-electron chi connectivity index (χ4n) is 6.33. The fourth-order valence-corrected chi connectivity index (χ4v) is 6.33. The van der Waals surface area contributed by atoms with E-state index in [0.29, 0.717) is 17.1 Å². The third-order valence-electron chi connectivity index (χ3n) is 8.45. The molecule has 5 rings (SSSR count). The number of phenols is 2. The van der Waals surface area contributed by atoms with E-state index < -0.39 is 23.5 Å². The SMILES string of the molecule is COc1ccc(C2CC(=O)C(C(c3ccc(O)c(O)c3)C3C(=O)CC(c4ccc(OC)cc4)CC3=O)C(=O)C2)cc1. The summed E-state index contributed by atoms with van der Waals surface area (Å²) < 4.78 is 10.4. The lowest BCUT2D eigenvalue weighted by molar-refractivity contribution is -0.142. The molecule has 0 heterocycles. The molecular formula is C33H32O8. The van der Waals surface area contributed by atoms with Gasteiger partial charge in [-0.1, -0.05) is 30.3 Å². The molecule has 0 amide bonds. The molecule has 0 spiro atoms. The van der Waals surface area contributed by atoms with Crippen LogP contribution in [0.25, 0.3) is 0 Å². The van der Waals surface area contributed by atoms with E-state index in [-0.39, 0.29) is 66.4 Å². The molecule has 0 aliphatic heterocycles. The first-order valence-electron chi connectivity index (χ1n) is 13.6. The van der Waals surface area contributed by atoms with Crippen molar-refractivity contribution in [2.75, 3.05) is 14.2 Å². The highest BCUT2D eigenvalue weighted by Crippen LogP contribution is 2.47. The van der Waals surface area contributed by atoms with Gasteiger partial charge in [-0.15, -0.1) is 0 Å². The van der Waals surface area contributed by atoms with Gasteiger partial charge in [0.2, 0.25) is 0 Å². The number of phenolic OH excluding ortho intramolecular Hbond substituents is 2. The number of ether oxygens (including phenoxy) is 2. The maximum Gasteiger partial charge on any atom is 0.157 e. The summed E-state index contributed by atoms with van der Waals surface area (Å²) in [4.78, 5) is 54.8. The first kappa shape index (κ1) is 28.1. The van der Waals surface area contributed by atoms with E-state index in [9.17, 15) is 29.4 Å². The van der Waals surface area contributed by atoms with Gasteiger partial charge >= 0.3 is 0 Å². The molecule has 2 fully saturated rings. The Morgan fingerprint density at radius 2 is 0.976 bits per heavy atom. The van der Waals surface area contributed by atoms with E-state index in [4.69, 9.17) is 9.47 Å². The Morgan fingerprint density at radius 1 is 0.585 bits per heavy atom. The summed E-state index contributed by atoms with van der Waals surface area (Å²) in [5.74, 6) is -5.08. The third kappa shape index (κ3) is 5.59. The molecule has 3 aromatic carbocycles. The van der Waals surface area contributed by atoms with Crippen LogP contribution in [0.15, 0.2) is 66.7 Å². The van der Waals surface area contributed by atoms with Gasteiger partial charge in [0, 0.05) is 31.6 Å². The van der Waals surface area contributed by atoms with E-state index >= 15 is 0 Å². The normalized spacial score (nSPS) is 23.8. The van der Waals surface area contributed by atoms with Crippen LogP contribution in [0.4, 0.5) is 0 Å². The summed E-state index contributed by atoms with van der Waals surface area (Å²) in [5, 5.41) is 20.2. The first-order chi connectivity index (χ1) is 19.7. The molecule has 8 heteroatoms. The number of hydrogen-bond acceptors (Lipinski definition) is 8. The van der Waals surface area contributed by atoms with Crippen LogP contribution in [0.5, 0.6) is 23.0 Å². The number of methoxy groups -OCH3 is 2. The van der Waals surface area contributed by atoms with Gasteiger partial charge < -0.3 is 19.7 Å². The number of carbonyl (C=O) groups excluding carboxylic acids is 4. The molecule has 0 bridgehead atoms. The minimum Gasteiger partial charge on any atom is -0.504 e. The van der Waals surface area contributed by atoms with E-state index in [1.807, 2.05) is 24.3 Å². The van der Waals surface area contributed by atoms with E-state index in [0.717, 1.165) is 11.1 Å². The van der Waals surface area contributed by atoms with Crippen molar-refractivity contribution in [3.05, 3.63) is 83.4 Å². The van der Waals surface area contributed by atoms with Gasteiger partial charge in [0.1, 0.15) is 34.6 Å². The molecule has 0 saturated heterocycles. The Kier molecular flexibility index (Phi) is 7.92. The lowest BCUT2D eigenvalue weighted by Gasteiger charge is -2.38. The largest absolute Gasteiger partial charge is 0.504 e. The van der Waals surface area contributed by atoms with Crippen LogP contribution in [0.1, 0.15) is 60.1 Å². The van der Waals surface area contributed by atoms with Gasteiger partial charge in [-0.25, -0.2) is 0 Å². The molecule has 0 unspecified atom stereocenters. The summed E-state index contributed by atoms with van der Waals surface area (Å²) in [5.41, 5.74) is 1.96. The van der Waals surface area contributed by atoms with Crippen LogP contribution >= 0.6 is 0 Å². The predicted octanol–water partition coefficient (Wildman–Crippen LogP) is 4.86. The Balaban J connectivity index is 1.46. The number of hydrogen-bond donors (Lipinski definition) is 2. The first-order valence-corrected chi connectivity index (χ1v) is 13.6. The smallest absolute Gasteiger partial charge is 0.157 e. The monoisotopic (exact) mass is 556 g/mol. The molecule has 41 heavy (non-hydrogen) atoms. The third-order valence-corrected chi connectivity index (χ3v) is 8.45. The molecular weight excluding hydrogens is 524 g/mol. The van der Waals surface area contributed by atoms with Crippen molar-refractivity contribution in [2.45, 2.75) is 43.4 Å². The van der Waals surface area contributed by atoms with Crippen molar-refractivity contribution in [3.8, 4) is 23.0 Å². The number of benzene rings is 3. The van der Waals surface area contributed by atoms with Gasteiger partial charge in [-0.05, 0) is 64.9 Å². The Hall–Kier alpha value is -4.46. The number of ketones is 4. The number of carbonyl (C=O) groups is 4. The summed E-state index contributed by atoms with van der Waals surface area (Å²) in [6.45, 7) is 0. The maximum atomic E-state index is 13.7. The number of Topliss-reactive ketones (excluding diaryl/α,β-unsaturated/α-hetero) is 4. The summed E-state index contributed by atoms with van der Waals surface area (Å²) in [6.07, 6.45) is 0.305. The zero-order valence-electron chi connectivity index (χ0n) is 22.9. The topological polar surface area (TPSA) is 127 Å². The van der Waals surface area contributed by atoms with Crippen LogP contribution in [0, 0.1) is 11.8 Å². The van der Waals surface area contributed by atoms with E-state index in [1.165, 1.54) is 18.2 Å². The summed E-state index contributed by atoms with van der Waals surface area (Å²) >= 11 is 0. The standard InChI is InChI=1S/C33H32O8/c1-40-23-8-3-18(4-9-23)21-14-27(36)32(28(37)15-21)31(20-7-12-25(34)26(35)13-20)33-29(38)16-22(17-30(33)39)19-5-10-24(41-2)11-6-19/h3-13,21-22,31-35H,14-17H2,1-2H3. The van der Waals surface area contributed by atoms with Crippen molar-refractivity contribution < 1.29 is 38.9 Å². The Bertz CT molecular complexity index is 1350. The van der Waals surface area contributed by atoms with Crippen LogP contribution in [-0.4, -0.2) is 47.6 Å². The molecule has 2 aliphatic rings. The lowest BCUT2D eigenvalue weighted by Crippen LogP contribution is -2.45. The summed E-state index contributed by atoms with van der Waals surface area (Å²) in [6, 6.07) is 18.4. The highest BCUT2D eigenvalue weighted by molar-refractivity contribution is 6.11. The van der Waals surface area contributed by atoms with Crippen molar-refractivity contribution in [2.24, 2.45) is 11.8 Å². The quantitative estimate of drug-likeness (QED) is 0.312. The van der Waals surface area contributed by atoms with Crippen molar-refractivity contribution in [1.29, 1.82) is 0 Å². The predicted molar refractivity (Wildman–Crippen MR) is 149 cm³/mol. The molecule has 0 atom stereocenters. The minimum atomic E-state index is -1.22. The second-order valence-corrected chi connectivity index (χ2v) is 10.9. The molecule has 212 valence electrons. The van der Waals surface area contributed by atoms with Crippen molar-refractivity contribution in [3.63, 3.8) is 0 Å². The molecule has 2 N–H and O–H groups in total. The molecule has 8 nitrogen and oxygen atoms in total. The molecule has 0 radical (unpaired) electrons. The minimum absolute atomic E-state index is 0.0763. The fraction of sp³-hybridized carbons (Fsp3) is 0.333. The van der Waals surface area contributed by atoms with Gasteiger partial charge in [0.15, 0.2) is 11.5 Å². The average molecular weight is 557 g/mol. The van der Waals surface area contributed by atoms with Gasteiger partial charge in [-0.2, -0.15) is 0 Å². The van der Waals surface area contributed by atoms with Gasteiger partial charge in [0.25, 0.3) is 0 Å². The summed E-state index contributed by atoms with van der Waals surface area (Å²) in [7, 11) is 3.11. The second kappa shape index (κ2) is 11.6. The molecule has 2 aliphatic carbocycles. The number of aromatic hydroxyl groups is 2. The molecule has 2 saturated carbocycles. The van der Waals surface area contributed by atoms with Gasteiger partial charge in [-0.3, -0.25) is 19.2 Å². The van der Waals surface area contributed by atoms with Crippen LogP contribution < -0.4 is 9.47 Å². The van der Waals surface area contributed by atoms with Gasteiger partial charge in [0.05, 0.1) is 26.1 Å². The van der Waals surface area contributed by atoms with Crippen molar-refractivity contribution in [1.82, 2.24) is 0 Å². The Labute approximate surface area is 237 Å². The maximum absolute atomic E-state index is 13.7. The highest BCUT2D eigenvalue weighted by atomic mass is 16.5. The van der Waals surface area contributed by atoms with Crippen LogP contribution in [-0.2, 0) is 19.2 Å². The van der Waals surface area contributed by atoms with E-state index in [2.05, 4.69) is 0 Å². The molecule has 3 aromatic rings. The highest BCUT2D eigenvalue weighted by Gasteiger charge is 2.50. The molecule has 0 aromatic heterocycles. The average Bonchev–Trinajstić information content (AvgIpc) is 2.97. The zero-order chi connectivity index (χ0) is 29.3. The Morgan fingerprint density at radius 3 is 1.32 bits per heavy atom. The lowest BCUT2D eigenvalue weighted by atomic mass is 9.62. The second-order valence-electron chi connectivity index (χ2n) is 10.9. The van der Waals surface area contributed by atoms with Crippen molar-refractivity contribution >= 4 is 23.1 Å². The van der Waals surface area contributed by atoms with Crippen LogP contribution in [0.2, 0.25) is 0 Å². The zero-order valence-corrected chi connectivity index (χ0v) is 22.9. The van der Waals surface area contributed by atoms with E-state index in [1.54, 1.807) is 38.5 Å². The van der Waals surface area contributed by atoms with Crippen LogP contribution in [0.3, 0.4) is 0 Å². The number of rotatable bonds is 7.